The average molecular weight is 1130 g/mol. The summed E-state index contributed by atoms with van der Waals surface area (Å²) in [6.07, 6.45) is -0.945. The van der Waals surface area contributed by atoms with Crippen molar-refractivity contribution < 1.29 is 96.3 Å². The van der Waals surface area contributed by atoms with Crippen molar-refractivity contribution in [2.75, 3.05) is 6.61 Å². The third-order valence-electron chi connectivity index (χ3n) is 22.0. The minimum atomic E-state index is -1.55. The van der Waals surface area contributed by atoms with Crippen molar-refractivity contribution in [3.8, 4) is 0 Å². The largest absolute Gasteiger partial charge is 0.459 e. The lowest BCUT2D eigenvalue weighted by atomic mass is 9.79. The second-order valence-electron chi connectivity index (χ2n) is 27.8. The Morgan fingerprint density at radius 1 is 0.550 bits per heavy atom. The van der Waals surface area contributed by atoms with Gasteiger partial charge in [-0.05, 0) is 73.8 Å². The van der Waals surface area contributed by atoms with Crippen molar-refractivity contribution in [2.24, 2.45) is 23.7 Å². The van der Waals surface area contributed by atoms with Crippen LogP contribution in [0.15, 0.2) is 24.3 Å². The van der Waals surface area contributed by atoms with Gasteiger partial charge in [0.2, 0.25) is 5.79 Å². The molecule has 20 nitrogen and oxygen atoms in total. The number of ether oxygens (including phenoxy) is 15. The quantitative estimate of drug-likeness (QED) is 0.228. The van der Waals surface area contributed by atoms with Gasteiger partial charge in [0.1, 0.15) is 36.6 Å². The molecule has 16 fully saturated rings. The predicted octanol–water partition coefficient (Wildman–Crippen LogP) is 4.25. The van der Waals surface area contributed by atoms with Crippen LogP contribution in [0.25, 0.3) is 0 Å². The molecule has 0 radical (unpaired) electrons. The summed E-state index contributed by atoms with van der Waals surface area (Å²) in [7, 11) is 0. The number of aliphatic hydroxyl groups excluding tert-OH is 3. The van der Waals surface area contributed by atoms with Gasteiger partial charge in [0.15, 0.2) is 17.4 Å². The zero-order valence-corrected chi connectivity index (χ0v) is 46.8. The molecule has 3 spiro atoms. The van der Waals surface area contributed by atoms with Gasteiger partial charge < -0.3 is 91.5 Å². The number of rotatable bonds is 4. The maximum absolute atomic E-state index is 14.6. The second-order valence-corrected chi connectivity index (χ2v) is 27.8. The minimum absolute atomic E-state index is 0.0152. The van der Waals surface area contributed by atoms with Crippen LogP contribution in [-0.2, 0) is 75.8 Å². The third-order valence-corrected chi connectivity index (χ3v) is 22.0. The molecule has 16 rings (SSSR count). The normalized spacial score (nSPS) is 57.6. The Morgan fingerprint density at radius 2 is 1.25 bits per heavy atom. The number of fused-ring (bicyclic) bond motifs is 10. The van der Waals surface area contributed by atoms with E-state index in [1.807, 2.05) is 0 Å². The fourth-order valence-electron chi connectivity index (χ4n) is 18.2. The van der Waals surface area contributed by atoms with Crippen molar-refractivity contribution >= 4 is 5.97 Å². The molecule has 0 aliphatic carbocycles. The van der Waals surface area contributed by atoms with E-state index in [0.717, 1.165) is 36.8 Å². The van der Waals surface area contributed by atoms with E-state index in [9.17, 15) is 25.2 Å². The lowest BCUT2D eigenvalue weighted by molar-refractivity contribution is -0.347. The van der Waals surface area contributed by atoms with E-state index in [4.69, 9.17) is 71.1 Å². The number of carbonyl (C=O) groups excluding carboxylic acids is 1. The molecule has 32 atom stereocenters. The number of hydrogen-bond acceptors (Lipinski definition) is 20. The maximum atomic E-state index is 14.6. The third kappa shape index (κ3) is 9.31. The smallest absolute Gasteiger partial charge is 0.308 e. The molecule has 4 N–H and O–H groups in total. The van der Waals surface area contributed by atoms with Crippen molar-refractivity contribution in [2.45, 2.75) is 313 Å². The highest BCUT2D eigenvalue weighted by Gasteiger charge is 2.75. The molecule has 20 heteroatoms. The highest BCUT2D eigenvalue weighted by molar-refractivity contribution is 5.70. The monoisotopic (exact) mass is 1130 g/mol. The SMILES string of the molecule is C=C1C[C@@H]2CC[C@@]34C[C@]5(O)O[C@H]6[C@@H](O3)[C@H]3O[C@H](CC[C@@H]3O[C@H]6C5O4)CC(=O)O[C@@H]3[C@@H](C)[C@@H]4O[C@@H]5C[C@@]6(C[C@@H]7O[C@]8(C[C@H](C)[C@@H]9O[C@H]([C@@H](O)C[C@@H](O)CO)C[C@@H]9O8)C[C@H](C)[C@@H]7O6)O[C@@H]5C[C@@H]4O[C@H]3C[C@H]3O[C@@H](CC[C@@H]1O2)C[C@@H](C)C3=C. The molecule has 16 aliphatic heterocycles. The highest BCUT2D eigenvalue weighted by Crippen LogP contribution is 2.59. The summed E-state index contributed by atoms with van der Waals surface area (Å²) in [5, 5.41) is 42.3. The van der Waals surface area contributed by atoms with E-state index in [-0.39, 0.29) is 122 Å². The van der Waals surface area contributed by atoms with Gasteiger partial charge in [-0.2, -0.15) is 0 Å². The molecule has 0 amide bonds. The lowest BCUT2D eigenvalue weighted by Gasteiger charge is -2.50. The summed E-state index contributed by atoms with van der Waals surface area (Å²) in [4.78, 5) is 14.6. The fraction of sp³-hybridized carbons (Fsp3) is 0.917. The first-order valence-electron chi connectivity index (χ1n) is 30.9. The summed E-state index contributed by atoms with van der Waals surface area (Å²) in [5.41, 5.74) is 2.08. The molecule has 0 aromatic rings. The predicted molar refractivity (Wildman–Crippen MR) is 275 cm³/mol. The molecule has 80 heavy (non-hydrogen) atoms. The molecule has 16 heterocycles. The van der Waals surface area contributed by atoms with Crippen LogP contribution in [0.4, 0.5) is 0 Å². The van der Waals surface area contributed by atoms with Gasteiger partial charge in [-0.25, -0.2) is 0 Å². The van der Waals surface area contributed by atoms with E-state index in [1.54, 1.807) is 0 Å². The second kappa shape index (κ2) is 20.2. The van der Waals surface area contributed by atoms with Crippen molar-refractivity contribution in [3.05, 3.63) is 24.3 Å². The summed E-state index contributed by atoms with van der Waals surface area (Å²) < 4.78 is 103. The minimum Gasteiger partial charge on any atom is -0.459 e. The van der Waals surface area contributed by atoms with Crippen LogP contribution in [0, 0.1) is 23.7 Å². The molecule has 0 aromatic carbocycles. The molecule has 0 saturated carbocycles. The zero-order chi connectivity index (χ0) is 54.9. The van der Waals surface area contributed by atoms with Crippen LogP contribution >= 0.6 is 0 Å². The number of aliphatic hydroxyl groups is 4. The molecule has 0 aromatic heterocycles. The molecule has 16 aliphatic rings. The summed E-state index contributed by atoms with van der Waals surface area (Å²) in [5.74, 6) is -4.74. The van der Waals surface area contributed by atoms with Gasteiger partial charge in [0.25, 0.3) is 0 Å². The Balaban J connectivity index is 0.658. The number of carbonyl (C=O) groups is 1. The van der Waals surface area contributed by atoms with Crippen molar-refractivity contribution in [1.29, 1.82) is 0 Å². The molecule has 1 unspecified atom stereocenters. The van der Waals surface area contributed by atoms with Gasteiger partial charge in [-0.3, -0.25) is 4.79 Å². The van der Waals surface area contributed by atoms with Crippen LogP contribution in [0.5, 0.6) is 0 Å². The molecule has 12 bridgehead atoms. The number of esters is 1. The molecular formula is C60H86O20. The van der Waals surface area contributed by atoms with Crippen molar-refractivity contribution in [1.82, 2.24) is 0 Å². The van der Waals surface area contributed by atoms with Crippen LogP contribution in [0.1, 0.15) is 143 Å². The van der Waals surface area contributed by atoms with E-state index in [2.05, 4.69) is 40.9 Å². The van der Waals surface area contributed by atoms with Crippen LogP contribution in [-0.4, -0.2) is 203 Å². The summed E-state index contributed by atoms with van der Waals surface area (Å²) in [6.45, 7) is 17.3. The Bertz CT molecular complexity index is 2400. The van der Waals surface area contributed by atoms with Crippen LogP contribution in [0.2, 0.25) is 0 Å². The first-order chi connectivity index (χ1) is 38.3. The first-order valence-corrected chi connectivity index (χ1v) is 30.9. The van der Waals surface area contributed by atoms with E-state index in [0.29, 0.717) is 70.6 Å². The molecule has 446 valence electrons. The maximum Gasteiger partial charge on any atom is 0.308 e. The zero-order valence-electron chi connectivity index (χ0n) is 46.8. The Kier molecular flexibility index (Phi) is 13.8. The standard InChI is InChI=1S/C60H86O20/c1-26-13-33-7-9-37-27(2)14-35(66-37)11-12-57-25-60(65)56(80-57)55-54(79-60)53(78-57)52-38(70-55)10-8-34(68-52)16-47(64)73-51-31(6)50-43(69-42(51)17-39(67-33)30(26)5)19-41-45(72-50)22-59(74-41)23-46-49(77-59)29(4)21-58(76-46)20-28(3)48-44(75-58)18-40(71-48)36(63)15-32(62)24-61/h26,28-29,31-46,48-56,61-63,65H,2,5,7-25H2,1,3-4,6H3/t26-,28+,29+,31+,32-,33+,34-,35+,36+,37+,38+,39-,40+,41-,42+,43+,44+,45-,46+,48+,49+,50+,51-,52+,53+,54+,55-,56?,57-,58-,59-,60+/m1/s1. The van der Waals surface area contributed by atoms with Gasteiger partial charge in [0.05, 0.1) is 129 Å². The van der Waals surface area contributed by atoms with E-state index in [1.165, 1.54) is 0 Å². The topological polar surface area (TPSA) is 236 Å². The number of hydrogen-bond donors (Lipinski definition) is 4. The van der Waals surface area contributed by atoms with Crippen LogP contribution < -0.4 is 0 Å². The highest BCUT2D eigenvalue weighted by atomic mass is 16.8. The molecule has 16 saturated heterocycles. The Morgan fingerprint density at radius 3 is 2.09 bits per heavy atom. The van der Waals surface area contributed by atoms with E-state index < -0.39 is 103 Å². The first kappa shape index (κ1) is 54.9. The summed E-state index contributed by atoms with van der Waals surface area (Å²) in [6, 6.07) is 0. The molecular weight excluding hydrogens is 1040 g/mol. The van der Waals surface area contributed by atoms with Gasteiger partial charge in [-0.1, -0.05) is 40.9 Å². The Labute approximate surface area is 468 Å². The van der Waals surface area contributed by atoms with Gasteiger partial charge >= 0.3 is 5.97 Å². The van der Waals surface area contributed by atoms with E-state index >= 15 is 0 Å². The summed E-state index contributed by atoms with van der Waals surface area (Å²) >= 11 is 0. The average Bonchev–Trinajstić information content (AvgIpc) is 4.40. The van der Waals surface area contributed by atoms with Gasteiger partial charge in [0, 0.05) is 63.7 Å². The van der Waals surface area contributed by atoms with Crippen LogP contribution in [0.3, 0.4) is 0 Å². The van der Waals surface area contributed by atoms with Gasteiger partial charge in [-0.15, -0.1) is 0 Å². The fourth-order valence-corrected chi connectivity index (χ4v) is 18.2. The Hall–Kier alpha value is -1.77. The lowest BCUT2D eigenvalue weighted by Crippen LogP contribution is -2.62. The van der Waals surface area contributed by atoms with Crippen molar-refractivity contribution in [3.63, 3.8) is 0 Å².